The topological polar surface area (TPSA) is 149 Å². The molecule has 1 aliphatic heterocycles. The van der Waals surface area contributed by atoms with Gasteiger partial charge in [0.2, 0.25) is 5.91 Å². The molecule has 1 aliphatic rings. The Labute approximate surface area is 343 Å². The fraction of sp³-hybridized carbons (Fsp3) is 0.894. The lowest BCUT2D eigenvalue weighted by Crippen LogP contribution is -2.60. The summed E-state index contributed by atoms with van der Waals surface area (Å²) in [7, 11) is 0. The van der Waals surface area contributed by atoms with Crippen molar-refractivity contribution in [3.8, 4) is 0 Å². The van der Waals surface area contributed by atoms with Gasteiger partial charge in [0.15, 0.2) is 6.29 Å². The molecule has 0 aliphatic carbocycles. The molecular weight excluding hydrogens is 707 g/mol. The Morgan fingerprint density at radius 1 is 0.607 bits per heavy atom. The van der Waals surface area contributed by atoms with Crippen LogP contribution in [0.4, 0.5) is 0 Å². The van der Waals surface area contributed by atoms with Crippen LogP contribution in [0.2, 0.25) is 0 Å². The predicted octanol–water partition coefficient (Wildman–Crippen LogP) is 9.89. The molecule has 1 fully saturated rings. The number of hydrogen-bond donors (Lipinski definition) is 6. The highest BCUT2D eigenvalue weighted by molar-refractivity contribution is 5.76. The number of aliphatic hydroxyl groups is 5. The molecule has 0 saturated carbocycles. The van der Waals surface area contributed by atoms with E-state index in [2.05, 4.69) is 43.5 Å². The summed E-state index contributed by atoms with van der Waals surface area (Å²) < 4.78 is 11.2. The number of amides is 1. The Morgan fingerprint density at radius 3 is 1.54 bits per heavy atom. The molecule has 1 saturated heterocycles. The zero-order valence-electron chi connectivity index (χ0n) is 36.1. The Kier molecular flexibility index (Phi) is 35.7. The van der Waals surface area contributed by atoms with E-state index in [0.29, 0.717) is 12.8 Å². The number of nitrogens with one attached hydrogen (secondary N) is 1. The minimum atomic E-state index is -1.55. The van der Waals surface area contributed by atoms with Gasteiger partial charge in [0.05, 0.1) is 25.4 Å². The lowest BCUT2D eigenvalue weighted by Gasteiger charge is -2.40. The molecule has 330 valence electrons. The first-order chi connectivity index (χ1) is 27.3. The third kappa shape index (κ3) is 28.2. The van der Waals surface area contributed by atoms with Crippen LogP contribution in [0.25, 0.3) is 0 Å². The van der Waals surface area contributed by atoms with Gasteiger partial charge in [0.25, 0.3) is 0 Å². The first kappa shape index (κ1) is 52.7. The maximum atomic E-state index is 12.9. The largest absolute Gasteiger partial charge is 0.394 e. The summed E-state index contributed by atoms with van der Waals surface area (Å²) in [5.41, 5.74) is 0. The normalized spacial score (nSPS) is 21.3. The van der Waals surface area contributed by atoms with E-state index in [1.807, 2.05) is 0 Å². The lowest BCUT2D eigenvalue weighted by atomic mass is 9.99. The van der Waals surface area contributed by atoms with Crippen molar-refractivity contribution in [2.45, 2.75) is 256 Å². The molecule has 1 amide bonds. The molecule has 0 radical (unpaired) electrons. The smallest absolute Gasteiger partial charge is 0.220 e. The third-order valence-electron chi connectivity index (χ3n) is 11.3. The van der Waals surface area contributed by atoms with Crippen molar-refractivity contribution in [1.82, 2.24) is 5.32 Å². The summed E-state index contributed by atoms with van der Waals surface area (Å²) in [5, 5.41) is 54.0. The van der Waals surface area contributed by atoms with Crippen molar-refractivity contribution in [3.05, 3.63) is 24.3 Å². The van der Waals surface area contributed by atoms with Gasteiger partial charge in [-0.3, -0.25) is 4.79 Å². The van der Waals surface area contributed by atoms with Crippen LogP contribution in [0, 0.1) is 0 Å². The van der Waals surface area contributed by atoms with E-state index in [-0.39, 0.29) is 12.5 Å². The molecule has 1 rings (SSSR count). The molecule has 0 bridgehead atoms. The number of allylic oxidation sites excluding steroid dienone is 4. The van der Waals surface area contributed by atoms with Crippen LogP contribution < -0.4 is 5.32 Å². The second-order valence-corrected chi connectivity index (χ2v) is 16.6. The molecule has 56 heavy (non-hydrogen) atoms. The molecule has 9 nitrogen and oxygen atoms in total. The Morgan fingerprint density at radius 2 is 1.05 bits per heavy atom. The van der Waals surface area contributed by atoms with Crippen LogP contribution in [0.15, 0.2) is 24.3 Å². The van der Waals surface area contributed by atoms with Crippen LogP contribution in [-0.2, 0) is 14.3 Å². The number of carbonyl (C=O) groups is 1. The number of aliphatic hydroxyl groups excluding tert-OH is 5. The molecule has 0 spiro atoms. The van der Waals surface area contributed by atoms with E-state index in [4.69, 9.17) is 9.47 Å². The summed E-state index contributed by atoms with van der Waals surface area (Å²) in [5.74, 6) is -0.149. The van der Waals surface area contributed by atoms with Crippen molar-refractivity contribution < 1.29 is 39.8 Å². The molecule has 6 N–H and O–H groups in total. The molecule has 0 aromatic heterocycles. The zero-order chi connectivity index (χ0) is 40.9. The quantitative estimate of drug-likeness (QED) is 0.0266. The van der Waals surface area contributed by atoms with Crippen molar-refractivity contribution in [3.63, 3.8) is 0 Å². The standard InChI is InChI=1S/C47H89NO8/c1-3-5-7-9-11-12-13-14-15-16-17-18-19-20-21-22-23-24-25-26-27-28-29-30-31-33-35-37-43(51)48-40(41(50)36-34-32-10-8-6-4-2)39-55-47-46(54)45(53)44(52)42(38-49)56-47/h13-14,16-17,40-42,44-47,49-50,52-54H,3-12,15,18-39H2,1-2H3,(H,48,51)/b14-13-,17-16-. The number of carbonyl (C=O) groups excluding carboxylic acids is 1. The van der Waals surface area contributed by atoms with Gasteiger partial charge in [0, 0.05) is 6.42 Å². The van der Waals surface area contributed by atoms with E-state index in [1.165, 1.54) is 141 Å². The van der Waals surface area contributed by atoms with Crippen LogP contribution in [0.3, 0.4) is 0 Å². The number of ether oxygens (including phenoxy) is 2. The summed E-state index contributed by atoms with van der Waals surface area (Å²) in [4.78, 5) is 12.9. The van der Waals surface area contributed by atoms with Crippen LogP contribution >= 0.6 is 0 Å². The first-order valence-corrected chi connectivity index (χ1v) is 23.5. The Hall–Kier alpha value is -1.33. The van der Waals surface area contributed by atoms with Gasteiger partial charge in [-0.1, -0.05) is 186 Å². The van der Waals surface area contributed by atoms with Gasteiger partial charge < -0.3 is 40.3 Å². The summed E-state index contributed by atoms with van der Waals surface area (Å²) >= 11 is 0. The number of unbranched alkanes of at least 4 members (excludes halogenated alkanes) is 25. The van der Waals surface area contributed by atoms with E-state index in [0.717, 1.165) is 44.9 Å². The van der Waals surface area contributed by atoms with Crippen molar-refractivity contribution in [2.75, 3.05) is 13.2 Å². The summed E-state index contributed by atoms with van der Waals surface area (Å²) in [6, 6.07) is -0.713. The first-order valence-electron chi connectivity index (χ1n) is 23.5. The molecule has 9 heteroatoms. The molecule has 0 aromatic rings. The second-order valence-electron chi connectivity index (χ2n) is 16.6. The molecule has 7 unspecified atom stereocenters. The fourth-order valence-corrected chi connectivity index (χ4v) is 7.48. The van der Waals surface area contributed by atoms with Gasteiger partial charge in [-0.25, -0.2) is 0 Å². The molecule has 1 heterocycles. The third-order valence-corrected chi connectivity index (χ3v) is 11.3. The minimum Gasteiger partial charge on any atom is -0.394 e. The van der Waals surface area contributed by atoms with E-state index in [9.17, 15) is 30.3 Å². The SMILES string of the molecule is CCCCCCC/C=C\C/C=C\CCCCCCCCCCCCCCCCCC(=O)NC(COC1OC(CO)C(O)C(O)C1O)C(O)CCCCCCCC. The van der Waals surface area contributed by atoms with E-state index < -0.39 is 49.5 Å². The maximum absolute atomic E-state index is 12.9. The Balaban J connectivity index is 2.11. The minimum absolute atomic E-state index is 0.137. The van der Waals surface area contributed by atoms with E-state index in [1.54, 1.807) is 0 Å². The highest BCUT2D eigenvalue weighted by Crippen LogP contribution is 2.23. The number of rotatable bonds is 39. The van der Waals surface area contributed by atoms with Gasteiger partial charge in [-0.2, -0.15) is 0 Å². The Bertz CT molecular complexity index is 930. The fourth-order valence-electron chi connectivity index (χ4n) is 7.48. The number of hydrogen-bond acceptors (Lipinski definition) is 8. The second kappa shape index (κ2) is 37.9. The van der Waals surface area contributed by atoms with Crippen molar-refractivity contribution in [2.24, 2.45) is 0 Å². The van der Waals surface area contributed by atoms with Crippen molar-refractivity contribution >= 4 is 5.91 Å². The van der Waals surface area contributed by atoms with Crippen LogP contribution in [-0.4, -0.2) is 87.5 Å². The zero-order valence-corrected chi connectivity index (χ0v) is 36.1. The van der Waals surface area contributed by atoms with Crippen LogP contribution in [0.1, 0.15) is 213 Å². The summed E-state index contributed by atoms with van der Waals surface area (Å²) in [6.07, 6.45) is 38.1. The van der Waals surface area contributed by atoms with Gasteiger partial charge in [0.1, 0.15) is 24.4 Å². The van der Waals surface area contributed by atoms with Crippen LogP contribution in [0.5, 0.6) is 0 Å². The molecule has 7 atom stereocenters. The predicted molar refractivity (Wildman–Crippen MR) is 230 cm³/mol. The molecule has 0 aromatic carbocycles. The van der Waals surface area contributed by atoms with Gasteiger partial charge in [-0.05, 0) is 44.9 Å². The highest BCUT2D eigenvalue weighted by Gasteiger charge is 2.44. The maximum Gasteiger partial charge on any atom is 0.220 e. The highest BCUT2D eigenvalue weighted by atomic mass is 16.7. The van der Waals surface area contributed by atoms with Gasteiger partial charge in [-0.15, -0.1) is 0 Å². The van der Waals surface area contributed by atoms with Gasteiger partial charge >= 0.3 is 0 Å². The van der Waals surface area contributed by atoms with Crippen molar-refractivity contribution in [1.29, 1.82) is 0 Å². The monoisotopic (exact) mass is 796 g/mol. The average molecular weight is 796 g/mol. The molecular formula is C47H89NO8. The lowest BCUT2D eigenvalue weighted by molar-refractivity contribution is -0.302. The van der Waals surface area contributed by atoms with E-state index >= 15 is 0 Å². The average Bonchev–Trinajstić information content (AvgIpc) is 3.20. The summed E-state index contributed by atoms with van der Waals surface area (Å²) in [6.45, 7) is 3.75.